The number of rotatable bonds is 11. The van der Waals surface area contributed by atoms with Gasteiger partial charge < -0.3 is 23.7 Å². The third kappa shape index (κ3) is 5.09. The number of carbonyl (C=O) groups is 1. The van der Waals surface area contributed by atoms with Crippen LogP contribution in [-0.2, 0) is 0 Å². The van der Waals surface area contributed by atoms with Crippen LogP contribution in [0.2, 0.25) is 0 Å². The summed E-state index contributed by atoms with van der Waals surface area (Å²) in [5.74, 6) is 0.220. The van der Waals surface area contributed by atoms with Gasteiger partial charge >= 0.3 is 0 Å². The van der Waals surface area contributed by atoms with Crippen LogP contribution in [0.25, 0.3) is 11.0 Å². The van der Waals surface area contributed by atoms with Crippen molar-refractivity contribution in [1.82, 2.24) is 9.80 Å². The molecule has 1 atom stereocenters. The summed E-state index contributed by atoms with van der Waals surface area (Å²) in [5.41, 5.74) is 0.684. The molecule has 1 aromatic heterocycles. The van der Waals surface area contributed by atoms with Gasteiger partial charge in [-0.05, 0) is 56.4 Å². The smallest absolute Gasteiger partial charge is 0.290 e. The predicted molar refractivity (Wildman–Crippen MR) is 137 cm³/mol. The molecule has 0 fully saturated rings. The van der Waals surface area contributed by atoms with Gasteiger partial charge in [0.1, 0.15) is 11.4 Å². The van der Waals surface area contributed by atoms with E-state index in [0.29, 0.717) is 36.8 Å². The summed E-state index contributed by atoms with van der Waals surface area (Å²) in [6.45, 7) is 3.71. The van der Waals surface area contributed by atoms with Gasteiger partial charge in [0.05, 0.1) is 30.7 Å². The summed E-state index contributed by atoms with van der Waals surface area (Å²) < 4.78 is 31.4. The average Bonchev–Trinajstić information content (AvgIpc) is 3.14. The molecule has 192 valence electrons. The van der Waals surface area contributed by atoms with E-state index < -0.39 is 17.3 Å². The van der Waals surface area contributed by atoms with E-state index in [1.165, 1.54) is 18.6 Å². The summed E-state index contributed by atoms with van der Waals surface area (Å²) in [6, 6.07) is 8.51. The van der Waals surface area contributed by atoms with Crippen molar-refractivity contribution in [1.29, 1.82) is 0 Å². The molecule has 1 amide bonds. The van der Waals surface area contributed by atoms with E-state index >= 15 is 0 Å². The lowest BCUT2D eigenvalue weighted by Gasteiger charge is -2.27. The second-order valence-corrected chi connectivity index (χ2v) is 9.34. The molecule has 2 heterocycles. The quantitative estimate of drug-likeness (QED) is 0.348. The number of carbonyl (C=O) groups excluding carboxylic acids is 1. The van der Waals surface area contributed by atoms with Crippen molar-refractivity contribution in [3.05, 3.63) is 69.3 Å². The molecule has 1 aliphatic rings. The van der Waals surface area contributed by atoms with Crippen LogP contribution < -0.4 is 14.9 Å². The highest BCUT2D eigenvalue weighted by Crippen LogP contribution is 2.41. The van der Waals surface area contributed by atoms with E-state index in [0.717, 1.165) is 25.3 Å². The normalized spacial score (nSPS) is 15.1. The Morgan fingerprint density at radius 2 is 1.86 bits per heavy atom. The minimum atomic E-state index is -0.691. The van der Waals surface area contributed by atoms with Crippen LogP contribution in [-0.4, -0.2) is 56.6 Å². The van der Waals surface area contributed by atoms with E-state index in [-0.39, 0.29) is 28.2 Å². The maximum absolute atomic E-state index is 14.0. The number of ether oxygens (including phenoxy) is 2. The Balaban J connectivity index is 1.76. The third-order valence-corrected chi connectivity index (χ3v) is 6.47. The molecule has 4 rings (SSSR count). The van der Waals surface area contributed by atoms with Crippen molar-refractivity contribution in [2.45, 2.75) is 38.6 Å². The van der Waals surface area contributed by atoms with E-state index in [2.05, 4.69) is 6.92 Å². The van der Waals surface area contributed by atoms with Crippen molar-refractivity contribution in [3.8, 4) is 11.5 Å². The zero-order valence-electron chi connectivity index (χ0n) is 21.3. The van der Waals surface area contributed by atoms with Crippen LogP contribution >= 0.6 is 0 Å². The standard InChI is InChI=1S/C28H33FN2O5/c1-5-6-7-8-15-35-22-11-9-18(16-23(22)34-4)25-24-26(32)20-17-19(29)10-12-21(20)36-27(24)28(33)31(25)14-13-30(2)3/h9-12,16-17,25H,5-8,13-15H2,1-4H3. The van der Waals surface area contributed by atoms with Crippen LogP contribution in [0.1, 0.15) is 60.3 Å². The Hall–Kier alpha value is -3.39. The monoisotopic (exact) mass is 496 g/mol. The summed E-state index contributed by atoms with van der Waals surface area (Å²) in [7, 11) is 5.39. The SMILES string of the molecule is CCCCCCOc1ccc(C2c3c(oc4ccc(F)cc4c3=O)C(=O)N2CCN(C)C)cc1OC. The molecular weight excluding hydrogens is 463 g/mol. The first-order valence-electron chi connectivity index (χ1n) is 12.4. The third-order valence-electron chi connectivity index (χ3n) is 6.47. The summed E-state index contributed by atoms with van der Waals surface area (Å²) in [5, 5.41) is 0.111. The van der Waals surface area contributed by atoms with Gasteiger partial charge in [-0.2, -0.15) is 0 Å². The minimum absolute atomic E-state index is 0.00178. The van der Waals surface area contributed by atoms with Gasteiger partial charge in [0.25, 0.3) is 5.91 Å². The molecule has 0 saturated heterocycles. The zero-order valence-corrected chi connectivity index (χ0v) is 21.3. The average molecular weight is 497 g/mol. The summed E-state index contributed by atoms with van der Waals surface area (Å²) in [6.07, 6.45) is 4.37. The van der Waals surface area contributed by atoms with Gasteiger partial charge in [-0.3, -0.25) is 9.59 Å². The van der Waals surface area contributed by atoms with Crippen molar-refractivity contribution >= 4 is 16.9 Å². The van der Waals surface area contributed by atoms with Crippen molar-refractivity contribution in [2.75, 3.05) is 40.9 Å². The number of unbranched alkanes of at least 4 members (excludes halogenated alkanes) is 3. The number of halogens is 1. The highest BCUT2D eigenvalue weighted by Gasteiger charge is 2.42. The van der Waals surface area contributed by atoms with Crippen LogP contribution in [0.5, 0.6) is 11.5 Å². The topological polar surface area (TPSA) is 72.2 Å². The number of hydrogen-bond acceptors (Lipinski definition) is 6. The molecule has 2 aromatic carbocycles. The number of hydrogen-bond donors (Lipinski definition) is 0. The van der Waals surface area contributed by atoms with Crippen LogP contribution in [0, 0.1) is 5.82 Å². The highest BCUT2D eigenvalue weighted by molar-refractivity contribution is 5.99. The molecule has 8 heteroatoms. The lowest BCUT2D eigenvalue weighted by molar-refractivity contribution is 0.0716. The highest BCUT2D eigenvalue weighted by atomic mass is 19.1. The van der Waals surface area contributed by atoms with Crippen LogP contribution in [0.15, 0.2) is 45.6 Å². The number of methoxy groups -OCH3 is 1. The first-order chi connectivity index (χ1) is 17.3. The number of likely N-dealkylation sites (N-methyl/N-ethyl adjacent to an activating group) is 1. The fourth-order valence-corrected chi connectivity index (χ4v) is 4.56. The first-order valence-corrected chi connectivity index (χ1v) is 12.4. The van der Waals surface area contributed by atoms with Crippen molar-refractivity contribution < 1.29 is 23.1 Å². The lowest BCUT2D eigenvalue weighted by Crippen LogP contribution is -2.35. The zero-order chi connectivity index (χ0) is 25.8. The molecule has 1 unspecified atom stereocenters. The molecule has 36 heavy (non-hydrogen) atoms. The maximum atomic E-state index is 14.0. The minimum Gasteiger partial charge on any atom is -0.493 e. The van der Waals surface area contributed by atoms with Crippen molar-refractivity contribution in [2.24, 2.45) is 0 Å². The predicted octanol–water partition coefficient (Wildman–Crippen LogP) is 5.01. The Labute approximate surface area is 210 Å². The van der Waals surface area contributed by atoms with Gasteiger partial charge in [-0.15, -0.1) is 0 Å². The number of benzene rings is 2. The Bertz CT molecular complexity index is 1300. The molecular formula is C28H33FN2O5. The van der Waals surface area contributed by atoms with E-state index in [9.17, 15) is 14.0 Å². The maximum Gasteiger partial charge on any atom is 0.290 e. The Morgan fingerprint density at radius 3 is 2.58 bits per heavy atom. The molecule has 0 radical (unpaired) electrons. The molecule has 0 spiro atoms. The molecule has 7 nitrogen and oxygen atoms in total. The Morgan fingerprint density at radius 1 is 1.06 bits per heavy atom. The number of nitrogens with zero attached hydrogens (tertiary/aromatic N) is 2. The molecule has 0 N–H and O–H groups in total. The Kier molecular flexibility index (Phi) is 7.94. The van der Waals surface area contributed by atoms with Gasteiger partial charge in [0, 0.05) is 13.1 Å². The van der Waals surface area contributed by atoms with Gasteiger partial charge in [0.2, 0.25) is 5.76 Å². The van der Waals surface area contributed by atoms with Gasteiger partial charge in [0.15, 0.2) is 16.9 Å². The molecule has 1 aliphatic heterocycles. The molecule has 0 saturated carbocycles. The van der Waals surface area contributed by atoms with E-state index in [1.807, 2.05) is 31.1 Å². The lowest BCUT2D eigenvalue weighted by atomic mass is 9.98. The first kappa shape index (κ1) is 25.7. The van der Waals surface area contributed by atoms with Crippen LogP contribution in [0.4, 0.5) is 4.39 Å². The largest absolute Gasteiger partial charge is 0.493 e. The van der Waals surface area contributed by atoms with Gasteiger partial charge in [-0.25, -0.2) is 4.39 Å². The molecule has 0 bridgehead atoms. The summed E-state index contributed by atoms with van der Waals surface area (Å²) >= 11 is 0. The van der Waals surface area contributed by atoms with Gasteiger partial charge in [-0.1, -0.05) is 32.3 Å². The summed E-state index contributed by atoms with van der Waals surface area (Å²) in [4.78, 5) is 30.6. The molecule has 3 aromatic rings. The van der Waals surface area contributed by atoms with E-state index in [1.54, 1.807) is 18.1 Å². The van der Waals surface area contributed by atoms with E-state index in [4.69, 9.17) is 13.9 Å². The van der Waals surface area contributed by atoms with Crippen LogP contribution in [0.3, 0.4) is 0 Å². The fourth-order valence-electron chi connectivity index (χ4n) is 4.56. The molecule has 0 aliphatic carbocycles. The second kappa shape index (κ2) is 11.1. The number of fused-ring (bicyclic) bond motifs is 2. The second-order valence-electron chi connectivity index (χ2n) is 9.34. The fraction of sp³-hybridized carbons (Fsp3) is 0.429. The van der Waals surface area contributed by atoms with Crippen molar-refractivity contribution in [3.63, 3.8) is 0 Å². The number of amides is 1.